The minimum atomic E-state index is -1.18. The first kappa shape index (κ1) is 12.0. The molecule has 1 aliphatic heterocycles. The Morgan fingerprint density at radius 2 is 1.89 bits per heavy atom. The van der Waals surface area contributed by atoms with E-state index in [1.54, 1.807) is 0 Å². The van der Waals surface area contributed by atoms with Crippen molar-refractivity contribution in [1.29, 1.82) is 0 Å². The van der Waals surface area contributed by atoms with Crippen LogP contribution < -0.4 is 5.32 Å². The van der Waals surface area contributed by atoms with Crippen LogP contribution in [-0.4, -0.2) is 35.7 Å². The molecule has 5 heteroatoms. The highest BCUT2D eigenvalue weighted by atomic mass is 16.5. The lowest BCUT2D eigenvalue weighted by Gasteiger charge is -2.23. The lowest BCUT2D eigenvalue weighted by atomic mass is 9.98. The van der Waals surface area contributed by atoms with Crippen molar-refractivity contribution in [1.82, 2.24) is 5.32 Å². The van der Waals surface area contributed by atoms with Crippen LogP contribution in [0.3, 0.4) is 0 Å². The highest BCUT2D eigenvalue weighted by Crippen LogP contribution is 2.55. The third-order valence-electron chi connectivity index (χ3n) is 4.75. The number of rotatable bonds is 3. The zero-order chi connectivity index (χ0) is 12.8. The molecular weight excluding hydrogens is 234 g/mol. The van der Waals surface area contributed by atoms with E-state index in [-0.39, 0.29) is 18.4 Å². The van der Waals surface area contributed by atoms with Crippen molar-refractivity contribution in [3.63, 3.8) is 0 Å². The van der Waals surface area contributed by atoms with Gasteiger partial charge in [0.15, 0.2) is 5.54 Å². The molecular formula is C13H19NO4. The molecule has 0 aromatic carbocycles. The second-order valence-electron chi connectivity index (χ2n) is 5.82. The van der Waals surface area contributed by atoms with Gasteiger partial charge in [-0.15, -0.1) is 0 Å². The first-order chi connectivity index (χ1) is 8.64. The summed E-state index contributed by atoms with van der Waals surface area (Å²) in [6.45, 7) is 0.500. The number of carbonyl (C=O) groups excluding carboxylic acids is 1. The summed E-state index contributed by atoms with van der Waals surface area (Å²) < 4.78 is 5.15. The number of carbonyl (C=O) groups is 2. The van der Waals surface area contributed by atoms with Gasteiger partial charge in [0, 0.05) is 18.9 Å². The van der Waals surface area contributed by atoms with Gasteiger partial charge in [-0.25, -0.2) is 4.79 Å². The molecule has 2 aliphatic carbocycles. The van der Waals surface area contributed by atoms with Crippen molar-refractivity contribution in [3.8, 4) is 0 Å². The number of nitrogens with one attached hydrogen (secondary N) is 1. The first-order valence-corrected chi connectivity index (χ1v) is 6.77. The quantitative estimate of drug-likeness (QED) is 0.779. The summed E-state index contributed by atoms with van der Waals surface area (Å²) in [5.74, 6) is 0.0277. The van der Waals surface area contributed by atoms with Crippen molar-refractivity contribution in [2.75, 3.05) is 13.2 Å². The third-order valence-corrected chi connectivity index (χ3v) is 4.75. The maximum absolute atomic E-state index is 12.2. The lowest BCUT2D eigenvalue weighted by molar-refractivity contribution is -0.148. The molecule has 0 aromatic rings. The van der Waals surface area contributed by atoms with Crippen LogP contribution in [0.1, 0.15) is 32.1 Å². The van der Waals surface area contributed by atoms with E-state index in [2.05, 4.69) is 5.32 Å². The average molecular weight is 253 g/mol. The van der Waals surface area contributed by atoms with Gasteiger partial charge in [0.05, 0.1) is 6.61 Å². The summed E-state index contributed by atoms with van der Waals surface area (Å²) in [6, 6.07) is 0. The molecule has 100 valence electrons. The average Bonchev–Trinajstić information content (AvgIpc) is 2.90. The monoisotopic (exact) mass is 253 g/mol. The van der Waals surface area contributed by atoms with E-state index in [0.717, 1.165) is 12.8 Å². The van der Waals surface area contributed by atoms with Gasteiger partial charge in [-0.1, -0.05) is 12.8 Å². The summed E-state index contributed by atoms with van der Waals surface area (Å²) in [5, 5.41) is 12.0. The van der Waals surface area contributed by atoms with Gasteiger partial charge in [-0.2, -0.15) is 0 Å². The molecule has 1 amide bonds. The Bertz CT molecular complexity index is 363. The Kier molecular flexibility index (Phi) is 2.81. The topological polar surface area (TPSA) is 75.6 Å². The lowest BCUT2D eigenvalue weighted by Crippen LogP contribution is -2.55. The Labute approximate surface area is 106 Å². The van der Waals surface area contributed by atoms with Gasteiger partial charge in [-0.3, -0.25) is 4.79 Å². The van der Waals surface area contributed by atoms with Crippen LogP contribution in [0.25, 0.3) is 0 Å². The van der Waals surface area contributed by atoms with Gasteiger partial charge < -0.3 is 15.2 Å². The summed E-state index contributed by atoms with van der Waals surface area (Å²) in [4.78, 5) is 23.5. The number of amides is 1. The predicted molar refractivity (Wildman–Crippen MR) is 62.9 cm³/mol. The molecule has 3 fully saturated rings. The van der Waals surface area contributed by atoms with Gasteiger partial charge in [0.25, 0.3) is 0 Å². The summed E-state index contributed by atoms with van der Waals surface area (Å²) in [6.07, 6.45) is 5.03. The molecule has 3 aliphatic rings. The van der Waals surface area contributed by atoms with Crippen molar-refractivity contribution in [3.05, 3.63) is 0 Å². The van der Waals surface area contributed by atoms with E-state index in [1.807, 2.05) is 0 Å². The van der Waals surface area contributed by atoms with Gasteiger partial charge in [0.2, 0.25) is 5.91 Å². The van der Waals surface area contributed by atoms with E-state index in [0.29, 0.717) is 24.9 Å². The molecule has 18 heavy (non-hydrogen) atoms. The molecule has 1 heterocycles. The van der Waals surface area contributed by atoms with Crippen LogP contribution >= 0.6 is 0 Å². The smallest absolute Gasteiger partial charge is 0.331 e. The standard InChI is InChI=1S/C13H19NO4/c15-11(10-8-3-1-2-4-9(8)10)14-13(12(16)17)5-6-18-7-13/h8-10H,1-7H2,(H,14,15)(H,16,17). The molecule has 0 radical (unpaired) electrons. The first-order valence-electron chi connectivity index (χ1n) is 6.77. The van der Waals surface area contributed by atoms with Crippen molar-refractivity contribution < 1.29 is 19.4 Å². The normalized spacial score (nSPS) is 42.1. The van der Waals surface area contributed by atoms with Crippen LogP contribution in [-0.2, 0) is 14.3 Å². The fourth-order valence-electron chi connectivity index (χ4n) is 3.59. The number of carboxylic acids is 1. The predicted octanol–water partition coefficient (Wildman–Crippen LogP) is 0.782. The molecule has 5 nitrogen and oxygen atoms in total. The Balaban J connectivity index is 1.65. The largest absolute Gasteiger partial charge is 0.479 e. The molecule has 0 spiro atoms. The maximum atomic E-state index is 12.2. The van der Waals surface area contributed by atoms with Gasteiger partial charge >= 0.3 is 5.97 Å². The molecule has 3 rings (SSSR count). The van der Waals surface area contributed by atoms with E-state index in [9.17, 15) is 14.7 Å². The molecule has 0 bridgehead atoms. The van der Waals surface area contributed by atoms with E-state index >= 15 is 0 Å². The Morgan fingerprint density at radius 1 is 1.22 bits per heavy atom. The second-order valence-corrected chi connectivity index (χ2v) is 5.82. The van der Waals surface area contributed by atoms with Crippen molar-refractivity contribution >= 4 is 11.9 Å². The van der Waals surface area contributed by atoms with E-state index in [4.69, 9.17) is 4.74 Å². The molecule has 1 saturated heterocycles. The maximum Gasteiger partial charge on any atom is 0.331 e. The summed E-state index contributed by atoms with van der Waals surface area (Å²) in [5.41, 5.74) is -1.18. The van der Waals surface area contributed by atoms with Gasteiger partial charge in [-0.05, 0) is 24.7 Å². The number of aliphatic carboxylic acids is 1. The van der Waals surface area contributed by atoms with Crippen molar-refractivity contribution in [2.45, 2.75) is 37.6 Å². The van der Waals surface area contributed by atoms with Crippen LogP contribution in [0.2, 0.25) is 0 Å². The molecule has 2 N–H and O–H groups in total. The summed E-state index contributed by atoms with van der Waals surface area (Å²) in [7, 11) is 0. The number of hydrogen-bond donors (Lipinski definition) is 2. The number of hydrogen-bond acceptors (Lipinski definition) is 3. The SMILES string of the molecule is O=C(NC1(C(=O)O)CCOC1)C1C2CCCCC21. The van der Waals surface area contributed by atoms with E-state index < -0.39 is 11.5 Å². The number of ether oxygens (including phenoxy) is 1. The molecule has 0 aromatic heterocycles. The van der Waals surface area contributed by atoms with Crippen LogP contribution in [0.15, 0.2) is 0 Å². The Hall–Kier alpha value is -1.10. The minimum absolute atomic E-state index is 0.0596. The summed E-state index contributed by atoms with van der Waals surface area (Å²) >= 11 is 0. The molecule has 3 unspecified atom stereocenters. The Morgan fingerprint density at radius 3 is 2.39 bits per heavy atom. The zero-order valence-electron chi connectivity index (χ0n) is 10.4. The fraction of sp³-hybridized carbons (Fsp3) is 0.846. The third kappa shape index (κ3) is 1.81. The van der Waals surface area contributed by atoms with Crippen LogP contribution in [0, 0.1) is 17.8 Å². The highest BCUT2D eigenvalue weighted by Gasteiger charge is 2.56. The van der Waals surface area contributed by atoms with E-state index in [1.165, 1.54) is 12.8 Å². The zero-order valence-corrected chi connectivity index (χ0v) is 10.4. The minimum Gasteiger partial charge on any atom is -0.479 e. The van der Waals surface area contributed by atoms with Crippen molar-refractivity contribution in [2.24, 2.45) is 17.8 Å². The van der Waals surface area contributed by atoms with Gasteiger partial charge in [0.1, 0.15) is 0 Å². The number of fused-ring (bicyclic) bond motifs is 1. The number of carboxylic acid groups (broad SMARTS) is 1. The molecule has 3 atom stereocenters. The highest BCUT2D eigenvalue weighted by molar-refractivity contribution is 5.90. The van der Waals surface area contributed by atoms with Crippen LogP contribution in [0.4, 0.5) is 0 Å². The molecule has 2 saturated carbocycles. The van der Waals surface area contributed by atoms with Crippen LogP contribution in [0.5, 0.6) is 0 Å². The fourth-order valence-corrected chi connectivity index (χ4v) is 3.59. The second kappa shape index (κ2) is 4.23.